The van der Waals surface area contributed by atoms with E-state index in [0.717, 1.165) is 10.6 Å². The highest BCUT2D eigenvalue weighted by atomic mass is 32.1. The van der Waals surface area contributed by atoms with Gasteiger partial charge in [0.25, 0.3) is 0 Å². The molecule has 0 unspecified atom stereocenters. The summed E-state index contributed by atoms with van der Waals surface area (Å²) in [6.45, 7) is 0.968. The summed E-state index contributed by atoms with van der Waals surface area (Å²) < 4.78 is 7.28. The highest BCUT2D eigenvalue weighted by Crippen LogP contribution is 2.18. The predicted octanol–water partition coefficient (Wildman–Crippen LogP) is 2.07. The van der Waals surface area contributed by atoms with Crippen molar-refractivity contribution in [2.24, 2.45) is 0 Å². The number of aromatic hydroxyl groups is 1. The first-order chi connectivity index (χ1) is 9.79. The third-order valence-electron chi connectivity index (χ3n) is 2.59. The Morgan fingerprint density at radius 3 is 3.10 bits per heavy atom. The number of phenolic OH excluding ortho intramolecular Hbond substituents is 1. The maximum atomic E-state index is 9.34. The lowest BCUT2D eigenvalue weighted by Crippen LogP contribution is -1.98. The van der Waals surface area contributed by atoms with E-state index in [1.165, 1.54) is 0 Å². The molecular weight excluding hydrogens is 276 g/mol. The van der Waals surface area contributed by atoms with Crippen LogP contribution in [-0.4, -0.2) is 25.1 Å². The fourth-order valence-electron chi connectivity index (χ4n) is 1.69. The molecule has 0 saturated carbocycles. The van der Waals surface area contributed by atoms with Crippen LogP contribution < -0.4 is 4.74 Å². The van der Waals surface area contributed by atoms with Crippen LogP contribution >= 0.6 is 11.3 Å². The zero-order chi connectivity index (χ0) is 13.8. The van der Waals surface area contributed by atoms with E-state index in [1.54, 1.807) is 45.8 Å². The SMILES string of the molecule is Oc1cccc(OCc2cn(Cc3cncs3)nn2)c1. The van der Waals surface area contributed by atoms with Gasteiger partial charge in [0.05, 0.1) is 18.3 Å². The second-order valence-corrected chi connectivity index (χ2v) is 5.13. The van der Waals surface area contributed by atoms with Gasteiger partial charge in [0.1, 0.15) is 23.8 Å². The summed E-state index contributed by atoms with van der Waals surface area (Å²) in [5.74, 6) is 0.776. The molecule has 2 aromatic heterocycles. The molecule has 20 heavy (non-hydrogen) atoms. The van der Waals surface area contributed by atoms with Gasteiger partial charge in [-0.2, -0.15) is 0 Å². The van der Waals surface area contributed by atoms with Gasteiger partial charge in [0.15, 0.2) is 0 Å². The zero-order valence-corrected chi connectivity index (χ0v) is 11.3. The van der Waals surface area contributed by atoms with Crippen LogP contribution in [0.4, 0.5) is 0 Å². The van der Waals surface area contributed by atoms with Crippen molar-refractivity contribution in [1.29, 1.82) is 0 Å². The van der Waals surface area contributed by atoms with Crippen molar-refractivity contribution < 1.29 is 9.84 Å². The van der Waals surface area contributed by atoms with Crippen molar-refractivity contribution in [3.05, 3.63) is 52.7 Å². The zero-order valence-electron chi connectivity index (χ0n) is 10.5. The lowest BCUT2D eigenvalue weighted by atomic mass is 10.3. The highest BCUT2D eigenvalue weighted by Gasteiger charge is 2.04. The molecule has 0 aliphatic heterocycles. The molecule has 7 heteroatoms. The molecule has 0 saturated heterocycles. The summed E-state index contributed by atoms with van der Waals surface area (Å²) in [7, 11) is 0. The maximum Gasteiger partial charge on any atom is 0.134 e. The highest BCUT2D eigenvalue weighted by molar-refractivity contribution is 7.09. The lowest BCUT2D eigenvalue weighted by Gasteiger charge is -2.03. The lowest BCUT2D eigenvalue weighted by molar-refractivity contribution is 0.299. The molecule has 0 aliphatic carbocycles. The van der Waals surface area contributed by atoms with Crippen LogP contribution in [-0.2, 0) is 13.2 Å². The first-order valence-corrected chi connectivity index (χ1v) is 6.86. The average Bonchev–Trinajstić information content (AvgIpc) is 3.09. The number of aromatic nitrogens is 4. The summed E-state index contributed by atoms with van der Waals surface area (Å²) >= 11 is 1.58. The van der Waals surface area contributed by atoms with Crippen LogP contribution in [0.15, 0.2) is 42.2 Å². The van der Waals surface area contributed by atoms with Crippen molar-refractivity contribution in [2.75, 3.05) is 0 Å². The van der Waals surface area contributed by atoms with E-state index in [0.29, 0.717) is 18.9 Å². The standard InChI is InChI=1S/C13H12N4O2S/c18-11-2-1-3-12(4-11)19-8-10-6-17(16-15-10)7-13-5-14-9-20-13/h1-6,9,18H,7-8H2. The van der Waals surface area contributed by atoms with E-state index in [1.807, 2.05) is 12.4 Å². The largest absolute Gasteiger partial charge is 0.508 e. The van der Waals surface area contributed by atoms with Crippen LogP contribution in [0.25, 0.3) is 0 Å². The number of benzene rings is 1. The molecule has 3 rings (SSSR count). The van der Waals surface area contributed by atoms with Crippen molar-refractivity contribution in [3.8, 4) is 11.5 Å². The number of thiazole rings is 1. The molecule has 0 atom stereocenters. The van der Waals surface area contributed by atoms with E-state index in [9.17, 15) is 5.11 Å². The molecule has 0 fully saturated rings. The van der Waals surface area contributed by atoms with E-state index in [4.69, 9.17) is 4.74 Å². The van der Waals surface area contributed by atoms with Crippen molar-refractivity contribution in [3.63, 3.8) is 0 Å². The molecule has 1 N–H and O–H groups in total. The number of hydrogen-bond donors (Lipinski definition) is 1. The van der Waals surface area contributed by atoms with Crippen LogP contribution in [0.1, 0.15) is 10.6 Å². The van der Waals surface area contributed by atoms with Crippen LogP contribution in [0.5, 0.6) is 11.5 Å². The van der Waals surface area contributed by atoms with E-state index in [2.05, 4.69) is 15.3 Å². The van der Waals surface area contributed by atoms with Crippen LogP contribution in [0, 0.1) is 0 Å². The molecule has 2 heterocycles. The Bertz CT molecular complexity index is 681. The Balaban J connectivity index is 1.60. The number of nitrogens with zero attached hydrogens (tertiary/aromatic N) is 4. The Morgan fingerprint density at radius 2 is 2.30 bits per heavy atom. The summed E-state index contributed by atoms with van der Waals surface area (Å²) in [5, 5.41) is 17.4. The molecule has 0 aliphatic rings. The summed E-state index contributed by atoms with van der Waals surface area (Å²) in [6.07, 6.45) is 3.65. The predicted molar refractivity (Wildman–Crippen MR) is 73.7 cm³/mol. The van der Waals surface area contributed by atoms with Gasteiger partial charge in [0, 0.05) is 17.1 Å². The first-order valence-electron chi connectivity index (χ1n) is 5.98. The second-order valence-electron chi connectivity index (χ2n) is 4.16. The third-order valence-corrected chi connectivity index (χ3v) is 3.36. The fourth-order valence-corrected chi connectivity index (χ4v) is 2.28. The Morgan fingerprint density at radius 1 is 1.35 bits per heavy atom. The van der Waals surface area contributed by atoms with Crippen LogP contribution in [0.2, 0.25) is 0 Å². The number of ether oxygens (including phenoxy) is 1. The molecule has 0 bridgehead atoms. The Labute approximate surface area is 119 Å². The molecule has 0 radical (unpaired) electrons. The molecular formula is C13H12N4O2S. The topological polar surface area (TPSA) is 73.1 Å². The van der Waals surface area contributed by atoms with Gasteiger partial charge in [-0.1, -0.05) is 11.3 Å². The van der Waals surface area contributed by atoms with Gasteiger partial charge in [-0.25, -0.2) is 4.68 Å². The minimum atomic E-state index is 0.177. The fraction of sp³-hybridized carbons (Fsp3) is 0.154. The van der Waals surface area contributed by atoms with Crippen molar-refractivity contribution in [2.45, 2.75) is 13.2 Å². The normalized spacial score (nSPS) is 10.6. The van der Waals surface area contributed by atoms with Crippen molar-refractivity contribution in [1.82, 2.24) is 20.0 Å². The quantitative estimate of drug-likeness (QED) is 0.778. The first kappa shape index (κ1) is 12.6. The van der Waals surface area contributed by atoms with Gasteiger partial charge in [-0.05, 0) is 12.1 Å². The van der Waals surface area contributed by atoms with Gasteiger partial charge in [-0.3, -0.25) is 4.98 Å². The summed E-state index contributed by atoms with van der Waals surface area (Å²) in [6, 6.07) is 6.66. The number of phenols is 1. The van der Waals surface area contributed by atoms with Gasteiger partial charge >= 0.3 is 0 Å². The Kier molecular flexibility index (Phi) is 3.60. The minimum Gasteiger partial charge on any atom is -0.508 e. The smallest absolute Gasteiger partial charge is 0.134 e. The monoisotopic (exact) mass is 288 g/mol. The molecule has 1 aromatic carbocycles. The number of rotatable bonds is 5. The molecule has 0 amide bonds. The van der Waals surface area contributed by atoms with E-state index >= 15 is 0 Å². The van der Waals surface area contributed by atoms with E-state index < -0.39 is 0 Å². The second kappa shape index (κ2) is 5.70. The summed E-state index contributed by atoms with van der Waals surface area (Å²) in [4.78, 5) is 5.14. The van der Waals surface area contributed by atoms with Crippen LogP contribution in [0.3, 0.4) is 0 Å². The molecule has 3 aromatic rings. The number of hydrogen-bond acceptors (Lipinski definition) is 6. The average molecular weight is 288 g/mol. The molecule has 6 nitrogen and oxygen atoms in total. The Hall–Kier alpha value is -2.41. The van der Waals surface area contributed by atoms with Gasteiger partial charge in [-0.15, -0.1) is 16.4 Å². The van der Waals surface area contributed by atoms with Gasteiger partial charge < -0.3 is 9.84 Å². The van der Waals surface area contributed by atoms with Gasteiger partial charge in [0.2, 0.25) is 0 Å². The third kappa shape index (κ3) is 3.12. The molecule has 102 valence electrons. The van der Waals surface area contributed by atoms with E-state index in [-0.39, 0.29) is 5.75 Å². The maximum absolute atomic E-state index is 9.34. The molecule has 0 spiro atoms. The minimum absolute atomic E-state index is 0.177. The summed E-state index contributed by atoms with van der Waals surface area (Å²) in [5.41, 5.74) is 2.52. The van der Waals surface area contributed by atoms with Crippen molar-refractivity contribution >= 4 is 11.3 Å².